The Labute approximate surface area is 171 Å². The van der Waals surface area contributed by atoms with E-state index in [0.717, 1.165) is 15.7 Å². The number of aromatic nitrogens is 2. The van der Waals surface area contributed by atoms with Crippen LogP contribution in [0, 0.1) is 0 Å². The summed E-state index contributed by atoms with van der Waals surface area (Å²) in [7, 11) is 3.15. The third kappa shape index (κ3) is 5.10. The molecule has 1 heterocycles. The third-order valence-electron chi connectivity index (χ3n) is 4.03. The normalized spacial score (nSPS) is 10.5. The number of carbonyl (C=O) groups excluding carboxylic acids is 1. The fourth-order valence-corrected chi connectivity index (χ4v) is 2.87. The van der Waals surface area contributed by atoms with E-state index in [-0.39, 0.29) is 5.91 Å². The molecule has 0 spiro atoms. The smallest absolute Gasteiger partial charge is 0.226 e. The Kier molecular flexibility index (Phi) is 6.65. The van der Waals surface area contributed by atoms with Gasteiger partial charge in [0, 0.05) is 28.6 Å². The van der Waals surface area contributed by atoms with E-state index < -0.39 is 0 Å². The van der Waals surface area contributed by atoms with Crippen LogP contribution in [0.25, 0.3) is 11.4 Å². The van der Waals surface area contributed by atoms with E-state index in [2.05, 4.69) is 31.4 Å². The summed E-state index contributed by atoms with van der Waals surface area (Å²) in [4.78, 5) is 16.4. The van der Waals surface area contributed by atoms with Crippen LogP contribution in [-0.4, -0.2) is 30.3 Å². The highest BCUT2D eigenvalue weighted by Gasteiger charge is 2.12. The average molecular weight is 446 g/mol. The standard InChI is InChI=1S/C20H20BrN3O4/c1-26-16-11-6-13(12-17(16)27-2)20-23-19(28-24-20)5-3-4-18(25)22-15-9-7-14(21)8-10-15/h6-12H,3-5H2,1-2H3,(H,22,25). The van der Waals surface area contributed by atoms with E-state index in [9.17, 15) is 4.79 Å². The number of halogens is 1. The van der Waals surface area contributed by atoms with Crippen LogP contribution in [0.2, 0.25) is 0 Å². The molecule has 2 aromatic carbocycles. The second-order valence-corrected chi connectivity index (χ2v) is 6.91. The number of methoxy groups -OCH3 is 2. The van der Waals surface area contributed by atoms with E-state index in [1.54, 1.807) is 26.4 Å². The van der Waals surface area contributed by atoms with E-state index in [1.807, 2.05) is 30.3 Å². The Morgan fingerprint density at radius 1 is 1.11 bits per heavy atom. The van der Waals surface area contributed by atoms with Crippen molar-refractivity contribution >= 4 is 27.5 Å². The number of nitrogens with one attached hydrogen (secondary N) is 1. The van der Waals surface area contributed by atoms with Crippen molar-refractivity contribution < 1.29 is 18.8 Å². The van der Waals surface area contributed by atoms with Gasteiger partial charge in [0.25, 0.3) is 0 Å². The molecule has 0 saturated heterocycles. The van der Waals surface area contributed by atoms with E-state index in [1.165, 1.54) is 0 Å². The minimum absolute atomic E-state index is 0.0537. The summed E-state index contributed by atoms with van der Waals surface area (Å²) >= 11 is 3.36. The number of hydrogen-bond donors (Lipinski definition) is 1. The molecular formula is C20H20BrN3O4. The highest BCUT2D eigenvalue weighted by atomic mass is 79.9. The molecule has 1 N–H and O–H groups in total. The summed E-state index contributed by atoms with van der Waals surface area (Å²) in [5.41, 5.74) is 1.53. The lowest BCUT2D eigenvalue weighted by atomic mass is 10.2. The Bertz CT molecular complexity index is 941. The lowest BCUT2D eigenvalue weighted by molar-refractivity contribution is -0.116. The second-order valence-electron chi connectivity index (χ2n) is 5.99. The van der Waals surface area contributed by atoms with Crippen molar-refractivity contribution in [3.05, 3.63) is 52.8 Å². The first kappa shape index (κ1) is 19.9. The first-order valence-corrected chi connectivity index (χ1v) is 9.48. The minimum atomic E-state index is -0.0537. The molecule has 3 rings (SSSR count). The molecule has 3 aromatic rings. The number of amides is 1. The summed E-state index contributed by atoms with van der Waals surface area (Å²) in [6.45, 7) is 0. The summed E-state index contributed by atoms with van der Waals surface area (Å²) in [6, 6.07) is 12.9. The van der Waals surface area contributed by atoms with Crippen LogP contribution in [0.5, 0.6) is 11.5 Å². The predicted molar refractivity (Wildman–Crippen MR) is 109 cm³/mol. The van der Waals surface area contributed by atoms with Crippen LogP contribution in [0.4, 0.5) is 5.69 Å². The number of aryl methyl sites for hydroxylation is 1. The Morgan fingerprint density at radius 3 is 2.57 bits per heavy atom. The maximum absolute atomic E-state index is 12.0. The monoisotopic (exact) mass is 445 g/mol. The molecule has 1 aromatic heterocycles. The van der Waals surface area contributed by atoms with Crippen LogP contribution >= 0.6 is 15.9 Å². The first-order chi connectivity index (χ1) is 13.6. The Hall–Kier alpha value is -2.87. The summed E-state index contributed by atoms with van der Waals surface area (Å²) in [5, 5.41) is 6.86. The van der Waals surface area contributed by atoms with E-state index in [4.69, 9.17) is 14.0 Å². The van der Waals surface area contributed by atoms with Gasteiger partial charge in [-0.1, -0.05) is 21.1 Å². The summed E-state index contributed by atoms with van der Waals surface area (Å²) in [6.07, 6.45) is 1.49. The lowest BCUT2D eigenvalue weighted by Gasteiger charge is -2.07. The molecule has 0 aliphatic heterocycles. The molecule has 0 aliphatic carbocycles. The molecule has 1 amide bonds. The molecule has 28 heavy (non-hydrogen) atoms. The van der Waals surface area contributed by atoms with Gasteiger partial charge in [-0.15, -0.1) is 0 Å². The highest BCUT2D eigenvalue weighted by Crippen LogP contribution is 2.31. The molecule has 0 saturated carbocycles. The van der Waals surface area contributed by atoms with Gasteiger partial charge in [0.05, 0.1) is 14.2 Å². The lowest BCUT2D eigenvalue weighted by Crippen LogP contribution is -2.11. The van der Waals surface area contributed by atoms with Crippen LogP contribution in [0.1, 0.15) is 18.7 Å². The van der Waals surface area contributed by atoms with Crippen LogP contribution in [-0.2, 0) is 11.2 Å². The van der Waals surface area contributed by atoms with Crippen molar-refractivity contribution in [3.63, 3.8) is 0 Å². The van der Waals surface area contributed by atoms with Gasteiger partial charge < -0.3 is 19.3 Å². The number of benzene rings is 2. The number of rotatable bonds is 8. The number of anilines is 1. The quantitative estimate of drug-likeness (QED) is 0.549. The number of nitrogens with zero attached hydrogens (tertiary/aromatic N) is 2. The topological polar surface area (TPSA) is 86.5 Å². The van der Waals surface area contributed by atoms with Crippen molar-refractivity contribution in [1.29, 1.82) is 0 Å². The fraction of sp³-hybridized carbons (Fsp3) is 0.250. The molecule has 0 radical (unpaired) electrons. The number of ether oxygens (including phenoxy) is 2. The van der Waals surface area contributed by atoms with Crippen molar-refractivity contribution in [2.24, 2.45) is 0 Å². The van der Waals surface area contributed by atoms with Crippen molar-refractivity contribution in [1.82, 2.24) is 10.1 Å². The van der Waals surface area contributed by atoms with Gasteiger partial charge in [-0.05, 0) is 48.9 Å². The minimum Gasteiger partial charge on any atom is -0.493 e. The van der Waals surface area contributed by atoms with Gasteiger partial charge in [0.15, 0.2) is 11.5 Å². The molecule has 0 unspecified atom stereocenters. The predicted octanol–water partition coefficient (Wildman–Crippen LogP) is 4.48. The van der Waals surface area contributed by atoms with Crippen molar-refractivity contribution in [2.75, 3.05) is 19.5 Å². The Morgan fingerprint density at radius 2 is 1.86 bits per heavy atom. The second kappa shape index (κ2) is 9.36. The van der Waals surface area contributed by atoms with E-state index >= 15 is 0 Å². The van der Waals surface area contributed by atoms with Crippen LogP contribution in [0.15, 0.2) is 51.5 Å². The van der Waals surface area contributed by atoms with Gasteiger partial charge >= 0.3 is 0 Å². The molecule has 0 bridgehead atoms. The van der Waals surface area contributed by atoms with Crippen molar-refractivity contribution in [3.8, 4) is 22.9 Å². The third-order valence-corrected chi connectivity index (χ3v) is 4.56. The maximum atomic E-state index is 12.0. The summed E-state index contributed by atoms with van der Waals surface area (Å²) in [5.74, 6) is 2.13. The molecular weight excluding hydrogens is 426 g/mol. The zero-order valence-corrected chi connectivity index (χ0v) is 17.2. The fourth-order valence-electron chi connectivity index (χ4n) is 2.61. The van der Waals surface area contributed by atoms with Gasteiger partial charge in [-0.3, -0.25) is 4.79 Å². The summed E-state index contributed by atoms with van der Waals surface area (Å²) < 4.78 is 16.8. The highest BCUT2D eigenvalue weighted by molar-refractivity contribution is 9.10. The van der Waals surface area contributed by atoms with Crippen molar-refractivity contribution in [2.45, 2.75) is 19.3 Å². The van der Waals surface area contributed by atoms with Gasteiger partial charge in [-0.2, -0.15) is 4.98 Å². The first-order valence-electron chi connectivity index (χ1n) is 8.69. The zero-order chi connectivity index (χ0) is 19.9. The molecule has 0 fully saturated rings. The average Bonchev–Trinajstić information content (AvgIpc) is 3.18. The Balaban J connectivity index is 1.53. The number of hydrogen-bond acceptors (Lipinski definition) is 6. The molecule has 8 heteroatoms. The molecule has 0 atom stereocenters. The van der Waals surface area contributed by atoms with Crippen LogP contribution < -0.4 is 14.8 Å². The molecule has 0 aliphatic rings. The largest absolute Gasteiger partial charge is 0.493 e. The van der Waals surface area contributed by atoms with Gasteiger partial charge in [0.2, 0.25) is 17.6 Å². The van der Waals surface area contributed by atoms with Gasteiger partial charge in [0.1, 0.15) is 0 Å². The van der Waals surface area contributed by atoms with E-state index in [0.29, 0.717) is 42.5 Å². The SMILES string of the molecule is COc1ccc(-c2noc(CCCC(=O)Nc3ccc(Br)cc3)n2)cc1OC. The van der Waals surface area contributed by atoms with Crippen LogP contribution in [0.3, 0.4) is 0 Å². The molecule has 7 nitrogen and oxygen atoms in total. The molecule has 146 valence electrons. The zero-order valence-electron chi connectivity index (χ0n) is 15.6. The maximum Gasteiger partial charge on any atom is 0.226 e. The van der Waals surface area contributed by atoms with Gasteiger partial charge in [-0.25, -0.2) is 0 Å². The number of carbonyl (C=O) groups is 1.